The molecule has 2 fully saturated rings. The van der Waals surface area contributed by atoms with Gasteiger partial charge in [0.15, 0.2) is 5.82 Å². The van der Waals surface area contributed by atoms with Crippen molar-refractivity contribution in [2.24, 2.45) is 0 Å². The summed E-state index contributed by atoms with van der Waals surface area (Å²) in [5, 5.41) is 0. The molecule has 1 aliphatic carbocycles. The Labute approximate surface area is 149 Å². The summed E-state index contributed by atoms with van der Waals surface area (Å²) in [6.07, 6.45) is 8.90. The quantitative estimate of drug-likeness (QED) is 0.855. The van der Waals surface area contributed by atoms with Gasteiger partial charge < -0.3 is 9.47 Å². The number of hydrogen-bond acceptors (Lipinski definition) is 5. The van der Waals surface area contributed by atoms with E-state index in [1.807, 2.05) is 36.7 Å². The van der Waals surface area contributed by atoms with Crippen molar-refractivity contribution in [2.75, 3.05) is 26.8 Å². The van der Waals surface area contributed by atoms with Crippen molar-refractivity contribution in [1.82, 2.24) is 14.9 Å². The van der Waals surface area contributed by atoms with Crippen LogP contribution < -0.4 is 4.74 Å². The molecule has 25 heavy (non-hydrogen) atoms. The number of methoxy groups -OCH3 is 1. The van der Waals surface area contributed by atoms with Gasteiger partial charge in [0, 0.05) is 43.2 Å². The van der Waals surface area contributed by atoms with Crippen LogP contribution in [0.4, 0.5) is 0 Å². The minimum absolute atomic E-state index is 0.113. The van der Waals surface area contributed by atoms with Crippen molar-refractivity contribution >= 4 is 0 Å². The van der Waals surface area contributed by atoms with Gasteiger partial charge in [-0.2, -0.15) is 0 Å². The van der Waals surface area contributed by atoms with E-state index in [0.717, 1.165) is 48.9 Å². The Morgan fingerprint density at radius 2 is 1.84 bits per heavy atom. The molecule has 1 saturated heterocycles. The number of nitrogens with zero attached hydrogens (tertiary/aromatic N) is 3. The van der Waals surface area contributed by atoms with Gasteiger partial charge in [-0.1, -0.05) is 12.8 Å². The first-order valence-corrected chi connectivity index (χ1v) is 9.08. The van der Waals surface area contributed by atoms with Gasteiger partial charge in [-0.25, -0.2) is 9.97 Å². The molecule has 4 rings (SSSR count). The minimum Gasteiger partial charge on any atom is -0.497 e. The zero-order valence-electron chi connectivity index (χ0n) is 14.8. The Morgan fingerprint density at radius 1 is 1.12 bits per heavy atom. The first-order chi connectivity index (χ1) is 12.3. The molecule has 5 nitrogen and oxygen atoms in total. The molecule has 1 saturated carbocycles. The van der Waals surface area contributed by atoms with E-state index in [0.29, 0.717) is 0 Å². The highest BCUT2D eigenvalue weighted by atomic mass is 16.5. The molecule has 132 valence electrons. The minimum atomic E-state index is 0.113. The Bertz CT molecular complexity index is 694. The molecule has 1 aromatic heterocycles. The van der Waals surface area contributed by atoms with Crippen molar-refractivity contribution in [3.8, 4) is 17.1 Å². The normalized spacial score (nSPS) is 20.0. The van der Waals surface area contributed by atoms with Crippen LogP contribution >= 0.6 is 0 Å². The van der Waals surface area contributed by atoms with Crippen LogP contribution in [0.5, 0.6) is 5.75 Å². The fourth-order valence-electron chi connectivity index (χ4n) is 3.96. The van der Waals surface area contributed by atoms with Crippen LogP contribution in [-0.2, 0) is 11.3 Å². The lowest BCUT2D eigenvalue weighted by Crippen LogP contribution is -2.49. The van der Waals surface area contributed by atoms with Gasteiger partial charge in [0.25, 0.3) is 0 Å². The third kappa shape index (κ3) is 3.67. The van der Waals surface area contributed by atoms with Gasteiger partial charge in [-0.15, -0.1) is 0 Å². The second-order valence-corrected chi connectivity index (χ2v) is 7.09. The van der Waals surface area contributed by atoms with E-state index in [1.54, 1.807) is 7.11 Å². The van der Waals surface area contributed by atoms with E-state index in [4.69, 9.17) is 9.47 Å². The number of rotatable bonds is 4. The van der Waals surface area contributed by atoms with Gasteiger partial charge in [0.2, 0.25) is 0 Å². The fourth-order valence-corrected chi connectivity index (χ4v) is 3.96. The predicted octanol–water partition coefficient (Wildman–Crippen LogP) is 3.30. The van der Waals surface area contributed by atoms with Crippen LogP contribution in [0.2, 0.25) is 0 Å². The highest BCUT2D eigenvalue weighted by Gasteiger charge is 2.39. The number of aromatic nitrogens is 2. The maximum atomic E-state index is 6.11. The van der Waals surface area contributed by atoms with Gasteiger partial charge in [-0.3, -0.25) is 4.90 Å². The number of hydrogen-bond donors (Lipinski definition) is 0. The summed E-state index contributed by atoms with van der Waals surface area (Å²) in [6.45, 7) is 3.76. The van der Waals surface area contributed by atoms with E-state index in [-0.39, 0.29) is 5.60 Å². The number of ether oxygens (including phenoxy) is 2. The lowest BCUT2D eigenvalue weighted by Gasteiger charge is -2.40. The largest absolute Gasteiger partial charge is 0.497 e. The molecule has 1 aromatic carbocycles. The van der Waals surface area contributed by atoms with Crippen LogP contribution in [0.3, 0.4) is 0 Å². The Morgan fingerprint density at radius 3 is 2.52 bits per heavy atom. The van der Waals surface area contributed by atoms with Gasteiger partial charge in [0.05, 0.1) is 19.3 Å². The summed E-state index contributed by atoms with van der Waals surface area (Å²) in [7, 11) is 1.67. The van der Waals surface area contributed by atoms with Crippen molar-refractivity contribution in [2.45, 2.75) is 37.8 Å². The van der Waals surface area contributed by atoms with Crippen LogP contribution in [0.15, 0.2) is 36.7 Å². The van der Waals surface area contributed by atoms with E-state index in [1.165, 1.54) is 25.7 Å². The average Bonchev–Trinajstić information content (AvgIpc) is 3.10. The third-order valence-corrected chi connectivity index (χ3v) is 5.30. The first kappa shape index (κ1) is 16.5. The van der Waals surface area contributed by atoms with E-state index in [2.05, 4.69) is 14.9 Å². The van der Waals surface area contributed by atoms with E-state index >= 15 is 0 Å². The summed E-state index contributed by atoms with van der Waals surface area (Å²) in [5.41, 5.74) is 2.28. The molecule has 0 radical (unpaired) electrons. The molecule has 0 amide bonds. The Balaban J connectivity index is 1.41. The molecule has 5 heteroatoms. The van der Waals surface area contributed by atoms with E-state index in [9.17, 15) is 0 Å². The first-order valence-electron chi connectivity index (χ1n) is 9.08. The summed E-state index contributed by atoms with van der Waals surface area (Å²) >= 11 is 0. The molecule has 0 atom stereocenters. The molecule has 2 aromatic rings. The van der Waals surface area contributed by atoms with Crippen LogP contribution in [0, 0.1) is 0 Å². The van der Waals surface area contributed by atoms with Crippen LogP contribution in [0.25, 0.3) is 11.4 Å². The van der Waals surface area contributed by atoms with Crippen molar-refractivity contribution < 1.29 is 9.47 Å². The molecule has 1 spiro atoms. The second kappa shape index (κ2) is 7.10. The van der Waals surface area contributed by atoms with Gasteiger partial charge >= 0.3 is 0 Å². The van der Waals surface area contributed by atoms with Gasteiger partial charge in [0.1, 0.15) is 5.75 Å². The highest BCUT2D eigenvalue weighted by molar-refractivity contribution is 5.55. The molecular formula is C20H25N3O2. The Kier molecular flexibility index (Phi) is 4.68. The SMILES string of the molecule is COc1ccc(-c2ncc(CN3CCOC4(CCCC4)C3)cn2)cc1. The van der Waals surface area contributed by atoms with Crippen LogP contribution in [0.1, 0.15) is 31.2 Å². The fraction of sp³-hybridized carbons (Fsp3) is 0.500. The second-order valence-electron chi connectivity index (χ2n) is 7.09. The van der Waals surface area contributed by atoms with Crippen LogP contribution in [-0.4, -0.2) is 47.3 Å². The zero-order chi connectivity index (χ0) is 17.1. The summed E-state index contributed by atoms with van der Waals surface area (Å²) < 4.78 is 11.3. The summed E-state index contributed by atoms with van der Waals surface area (Å²) in [6, 6.07) is 7.84. The number of morpholine rings is 1. The summed E-state index contributed by atoms with van der Waals surface area (Å²) in [4.78, 5) is 11.6. The molecular weight excluding hydrogens is 314 g/mol. The lowest BCUT2D eigenvalue weighted by atomic mass is 9.99. The predicted molar refractivity (Wildman–Crippen MR) is 96.4 cm³/mol. The molecule has 0 unspecified atom stereocenters. The maximum Gasteiger partial charge on any atom is 0.159 e. The molecule has 2 aliphatic rings. The monoisotopic (exact) mass is 339 g/mol. The third-order valence-electron chi connectivity index (χ3n) is 5.30. The van der Waals surface area contributed by atoms with Crippen molar-refractivity contribution in [3.63, 3.8) is 0 Å². The zero-order valence-corrected chi connectivity index (χ0v) is 14.8. The highest BCUT2D eigenvalue weighted by Crippen LogP contribution is 2.36. The Hall–Kier alpha value is -1.98. The van der Waals surface area contributed by atoms with Crippen molar-refractivity contribution in [3.05, 3.63) is 42.2 Å². The maximum absolute atomic E-state index is 6.11. The molecule has 2 heterocycles. The molecule has 0 N–H and O–H groups in total. The van der Waals surface area contributed by atoms with E-state index < -0.39 is 0 Å². The molecule has 1 aliphatic heterocycles. The average molecular weight is 339 g/mol. The smallest absolute Gasteiger partial charge is 0.159 e. The summed E-state index contributed by atoms with van der Waals surface area (Å²) in [5.74, 6) is 1.59. The molecule has 0 bridgehead atoms. The van der Waals surface area contributed by atoms with Crippen molar-refractivity contribution in [1.29, 1.82) is 0 Å². The number of benzene rings is 1. The standard InChI is InChI=1S/C20H25N3O2/c1-24-18-6-4-17(5-7-18)19-21-12-16(13-22-19)14-23-10-11-25-20(15-23)8-2-3-9-20/h4-7,12-13H,2-3,8-11,14-15H2,1H3. The van der Waals surface area contributed by atoms with Gasteiger partial charge in [-0.05, 0) is 37.1 Å². The lowest BCUT2D eigenvalue weighted by molar-refractivity contribution is -0.107. The topological polar surface area (TPSA) is 47.5 Å².